The molecule has 31 heavy (non-hydrogen) atoms. The van der Waals surface area contributed by atoms with E-state index in [2.05, 4.69) is 37.4 Å². The molecule has 1 aliphatic heterocycles. The van der Waals surface area contributed by atoms with Crippen LogP contribution in [-0.4, -0.2) is 85.0 Å². The Balaban J connectivity index is 1.52. The summed E-state index contributed by atoms with van der Waals surface area (Å²) in [4.78, 5) is 37.2. The maximum Gasteiger partial charge on any atom is 0.275 e. The number of carbonyl (C=O) groups excluding carboxylic acids is 2. The molecule has 0 saturated carbocycles. The SMILES string of the molecule is COc1cnc(C(=O)Nc2cc(F)cc(C(=O)NCCCN3CCN(C)CC3)c2)cn1. The van der Waals surface area contributed by atoms with Crippen LogP contribution < -0.4 is 15.4 Å². The number of methoxy groups -OCH3 is 1. The standard InChI is InChI=1S/C21H27FN6O3/c1-27-6-8-28(9-7-27)5-3-4-23-20(29)15-10-16(22)12-17(11-15)26-21(30)18-13-25-19(31-2)14-24-18/h10-14H,3-9H2,1-2H3,(H,23,29)(H,26,30). The lowest BCUT2D eigenvalue weighted by molar-refractivity contribution is 0.0947. The van der Waals surface area contributed by atoms with E-state index in [0.29, 0.717) is 6.54 Å². The Morgan fingerprint density at radius 2 is 1.87 bits per heavy atom. The highest BCUT2D eigenvalue weighted by Crippen LogP contribution is 2.15. The Bertz CT molecular complexity index is 900. The number of nitrogens with one attached hydrogen (secondary N) is 2. The van der Waals surface area contributed by atoms with Gasteiger partial charge < -0.3 is 25.2 Å². The van der Waals surface area contributed by atoms with Crippen molar-refractivity contribution in [1.29, 1.82) is 0 Å². The Morgan fingerprint density at radius 3 is 2.55 bits per heavy atom. The summed E-state index contributed by atoms with van der Waals surface area (Å²) in [7, 11) is 3.55. The van der Waals surface area contributed by atoms with Gasteiger partial charge in [-0.1, -0.05) is 0 Å². The number of hydrogen-bond donors (Lipinski definition) is 2. The lowest BCUT2D eigenvalue weighted by Crippen LogP contribution is -2.45. The minimum absolute atomic E-state index is 0.0416. The van der Waals surface area contributed by atoms with Gasteiger partial charge in [0.2, 0.25) is 5.88 Å². The monoisotopic (exact) mass is 430 g/mol. The number of piperazine rings is 1. The van der Waals surface area contributed by atoms with Crippen molar-refractivity contribution in [2.24, 2.45) is 0 Å². The number of hydrogen-bond acceptors (Lipinski definition) is 7. The maximum absolute atomic E-state index is 14.0. The molecule has 2 aromatic rings. The fraction of sp³-hybridized carbons (Fsp3) is 0.429. The molecule has 2 N–H and O–H groups in total. The molecule has 1 aliphatic rings. The Morgan fingerprint density at radius 1 is 1.10 bits per heavy atom. The van der Waals surface area contributed by atoms with Crippen molar-refractivity contribution >= 4 is 17.5 Å². The molecule has 0 atom stereocenters. The molecule has 0 spiro atoms. The zero-order valence-electron chi connectivity index (χ0n) is 17.7. The zero-order chi connectivity index (χ0) is 22.2. The quantitative estimate of drug-likeness (QED) is 0.608. The summed E-state index contributed by atoms with van der Waals surface area (Å²) in [5.41, 5.74) is 0.334. The van der Waals surface area contributed by atoms with E-state index in [-0.39, 0.29) is 22.8 Å². The number of ether oxygens (including phenoxy) is 1. The number of anilines is 1. The molecular formula is C21H27FN6O3. The molecule has 0 aliphatic carbocycles. The second-order valence-corrected chi connectivity index (χ2v) is 7.38. The van der Waals surface area contributed by atoms with Crippen molar-refractivity contribution < 1.29 is 18.7 Å². The van der Waals surface area contributed by atoms with Crippen LogP contribution in [-0.2, 0) is 0 Å². The molecular weight excluding hydrogens is 403 g/mol. The predicted molar refractivity (Wildman–Crippen MR) is 114 cm³/mol. The average Bonchev–Trinajstić information content (AvgIpc) is 2.77. The smallest absolute Gasteiger partial charge is 0.275 e. The predicted octanol–water partition coefficient (Wildman–Crippen LogP) is 1.24. The number of likely N-dealkylation sites (N-methyl/N-ethyl adjacent to an activating group) is 1. The van der Waals surface area contributed by atoms with Crippen molar-refractivity contribution in [3.05, 3.63) is 47.7 Å². The van der Waals surface area contributed by atoms with E-state index >= 15 is 0 Å². The van der Waals surface area contributed by atoms with Crippen LogP contribution >= 0.6 is 0 Å². The largest absolute Gasteiger partial charge is 0.480 e. The molecule has 166 valence electrons. The number of nitrogens with zero attached hydrogens (tertiary/aromatic N) is 4. The van der Waals surface area contributed by atoms with Gasteiger partial charge in [0.25, 0.3) is 11.8 Å². The molecule has 0 unspecified atom stereocenters. The normalized spacial score (nSPS) is 14.8. The third-order valence-electron chi connectivity index (χ3n) is 5.02. The molecule has 1 aromatic carbocycles. The molecule has 2 amide bonds. The molecule has 1 saturated heterocycles. The zero-order valence-corrected chi connectivity index (χ0v) is 17.7. The molecule has 10 heteroatoms. The number of halogens is 1. The van der Waals surface area contributed by atoms with Crippen molar-refractivity contribution in [1.82, 2.24) is 25.1 Å². The van der Waals surface area contributed by atoms with Crippen LogP contribution in [0.25, 0.3) is 0 Å². The van der Waals surface area contributed by atoms with Gasteiger partial charge in [-0.25, -0.2) is 14.4 Å². The van der Waals surface area contributed by atoms with Crippen LogP contribution in [0.1, 0.15) is 27.3 Å². The third kappa shape index (κ3) is 6.69. The Hall–Kier alpha value is -3.11. The van der Waals surface area contributed by atoms with E-state index in [1.54, 1.807) is 0 Å². The second-order valence-electron chi connectivity index (χ2n) is 7.38. The van der Waals surface area contributed by atoms with E-state index in [9.17, 15) is 14.0 Å². The molecule has 1 aromatic heterocycles. The summed E-state index contributed by atoms with van der Waals surface area (Å²) in [6, 6.07) is 3.70. The van der Waals surface area contributed by atoms with Crippen molar-refractivity contribution in [3.8, 4) is 5.88 Å². The first-order valence-corrected chi connectivity index (χ1v) is 10.1. The fourth-order valence-corrected chi connectivity index (χ4v) is 3.21. The average molecular weight is 430 g/mol. The van der Waals surface area contributed by atoms with E-state index < -0.39 is 17.6 Å². The maximum atomic E-state index is 14.0. The first-order chi connectivity index (χ1) is 14.9. The van der Waals surface area contributed by atoms with Gasteiger partial charge in [0.15, 0.2) is 0 Å². The molecule has 0 radical (unpaired) electrons. The highest BCUT2D eigenvalue weighted by Gasteiger charge is 2.15. The lowest BCUT2D eigenvalue weighted by atomic mass is 10.1. The van der Waals surface area contributed by atoms with Gasteiger partial charge in [-0.05, 0) is 38.2 Å². The third-order valence-corrected chi connectivity index (χ3v) is 5.02. The number of carbonyl (C=O) groups is 2. The van der Waals surface area contributed by atoms with E-state index in [0.717, 1.165) is 51.3 Å². The number of aromatic nitrogens is 2. The van der Waals surface area contributed by atoms with Crippen LogP contribution in [0.3, 0.4) is 0 Å². The van der Waals surface area contributed by atoms with Crippen molar-refractivity contribution in [3.63, 3.8) is 0 Å². The van der Waals surface area contributed by atoms with E-state index in [1.165, 1.54) is 25.6 Å². The highest BCUT2D eigenvalue weighted by atomic mass is 19.1. The van der Waals surface area contributed by atoms with Gasteiger partial charge in [-0.2, -0.15) is 0 Å². The Labute approximate surface area is 180 Å². The lowest BCUT2D eigenvalue weighted by Gasteiger charge is -2.32. The first kappa shape index (κ1) is 22.6. The summed E-state index contributed by atoms with van der Waals surface area (Å²) in [5.74, 6) is -1.31. The molecule has 0 bridgehead atoms. The Kier molecular flexibility index (Phi) is 7.85. The topological polar surface area (TPSA) is 99.7 Å². The first-order valence-electron chi connectivity index (χ1n) is 10.1. The summed E-state index contributed by atoms with van der Waals surface area (Å²) >= 11 is 0. The number of benzene rings is 1. The van der Waals surface area contributed by atoms with Gasteiger partial charge in [-0.15, -0.1) is 0 Å². The number of rotatable bonds is 8. The van der Waals surface area contributed by atoms with Crippen LogP contribution in [0.2, 0.25) is 0 Å². The van der Waals surface area contributed by atoms with E-state index in [1.807, 2.05) is 0 Å². The van der Waals surface area contributed by atoms with Crippen LogP contribution in [0.15, 0.2) is 30.6 Å². The van der Waals surface area contributed by atoms with Crippen LogP contribution in [0, 0.1) is 5.82 Å². The second kappa shape index (κ2) is 10.8. The fourth-order valence-electron chi connectivity index (χ4n) is 3.21. The summed E-state index contributed by atoms with van der Waals surface area (Å²) in [5, 5.41) is 5.34. The minimum atomic E-state index is -0.624. The highest BCUT2D eigenvalue weighted by molar-refractivity contribution is 6.03. The minimum Gasteiger partial charge on any atom is -0.480 e. The van der Waals surface area contributed by atoms with Gasteiger partial charge in [0.1, 0.15) is 11.5 Å². The van der Waals surface area contributed by atoms with Gasteiger partial charge in [0.05, 0.1) is 19.5 Å². The van der Waals surface area contributed by atoms with Gasteiger partial charge >= 0.3 is 0 Å². The molecule has 9 nitrogen and oxygen atoms in total. The molecule has 1 fully saturated rings. The van der Waals surface area contributed by atoms with Crippen LogP contribution in [0.4, 0.5) is 10.1 Å². The molecule has 3 rings (SSSR count). The van der Waals surface area contributed by atoms with Gasteiger partial charge in [0, 0.05) is 44.0 Å². The van der Waals surface area contributed by atoms with E-state index in [4.69, 9.17) is 4.74 Å². The summed E-state index contributed by atoms with van der Waals surface area (Å²) < 4.78 is 18.9. The van der Waals surface area contributed by atoms with Crippen LogP contribution in [0.5, 0.6) is 5.88 Å². The van der Waals surface area contributed by atoms with Crippen molar-refractivity contribution in [2.75, 3.05) is 58.7 Å². The summed E-state index contributed by atoms with van der Waals surface area (Å²) in [6.45, 7) is 5.54. The van der Waals surface area contributed by atoms with Gasteiger partial charge in [-0.3, -0.25) is 9.59 Å². The van der Waals surface area contributed by atoms with Crippen molar-refractivity contribution in [2.45, 2.75) is 6.42 Å². The number of amides is 2. The molecule has 2 heterocycles. The summed E-state index contributed by atoms with van der Waals surface area (Å²) in [6.07, 6.45) is 3.37.